The summed E-state index contributed by atoms with van der Waals surface area (Å²) < 4.78 is 11.1. The van der Waals surface area contributed by atoms with E-state index in [0.717, 1.165) is 23.3 Å². The molecule has 1 aromatic heterocycles. The van der Waals surface area contributed by atoms with Gasteiger partial charge in [-0.25, -0.2) is 4.98 Å². The Kier molecular flexibility index (Phi) is 3.75. The van der Waals surface area contributed by atoms with Crippen molar-refractivity contribution < 1.29 is 9.47 Å². The molecule has 20 heavy (non-hydrogen) atoms. The molecule has 2 aromatic rings. The number of nitrogens with zero attached hydrogens (tertiary/aromatic N) is 1. The van der Waals surface area contributed by atoms with Gasteiger partial charge in [-0.05, 0) is 46.4 Å². The van der Waals surface area contributed by atoms with Crippen LogP contribution in [0.25, 0.3) is 11.4 Å². The van der Waals surface area contributed by atoms with E-state index in [2.05, 4.69) is 9.97 Å². The molecule has 1 aliphatic rings. The molecule has 6 heteroatoms. The third-order valence-corrected chi connectivity index (χ3v) is 4.29. The third kappa shape index (κ3) is 2.45. The van der Waals surface area contributed by atoms with Crippen LogP contribution in [0, 0.1) is 3.57 Å². The number of nitrogens with one attached hydrogen (secondary N) is 1. The summed E-state index contributed by atoms with van der Waals surface area (Å²) in [6, 6.07) is 5.85. The van der Waals surface area contributed by atoms with Crippen LogP contribution in [0.1, 0.15) is 11.3 Å². The molecular weight excluding hydrogens is 371 g/mol. The van der Waals surface area contributed by atoms with Gasteiger partial charge < -0.3 is 14.5 Å². The Labute approximate surface area is 129 Å². The SMILES string of the molecule is COCc1nc(-c2ccc3c(c2)CCO3)[nH]c(=O)c1I. The molecule has 0 aliphatic carbocycles. The molecule has 0 radical (unpaired) electrons. The van der Waals surface area contributed by atoms with Gasteiger partial charge in [-0.1, -0.05) is 0 Å². The van der Waals surface area contributed by atoms with E-state index in [1.165, 1.54) is 0 Å². The number of methoxy groups -OCH3 is 1. The largest absolute Gasteiger partial charge is 0.493 e. The van der Waals surface area contributed by atoms with E-state index in [1.807, 2.05) is 40.8 Å². The van der Waals surface area contributed by atoms with Gasteiger partial charge >= 0.3 is 0 Å². The average molecular weight is 384 g/mol. The fourth-order valence-corrected chi connectivity index (χ4v) is 2.62. The first kappa shape index (κ1) is 13.6. The van der Waals surface area contributed by atoms with E-state index < -0.39 is 0 Å². The Bertz CT molecular complexity index is 712. The smallest absolute Gasteiger partial charge is 0.264 e. The van der Waals surface area contributed by atoms with E-state index in [1.54, 1.807) is 7.11 Å². The van der Waals surface area contributed by atoms with Crippen molar-refractivity contribution in [3.8, 4) is 17.1 Å². The van der Waals surface area contributed by atoms with Crippen LogP contribution >= 0.6 is 22.6 Å². The van der Waals surface area contributed by atoms with Gasteiger partial charge in [-0.2, -0.15) is 0 Å². The van der Waals surface area contributed by atoms with Crippen molar-refractivity contribution >= 4 is 22.6 Å². The Morgan fingerprint density at radius 3 is 3.15 bits per heavy atom. The van der Waals surface area contributed by atoms with Gasteiger partial charge in [0.05, 0.1) is 18.9 Å². The van der Waals surface area contributed by atoms with Crippen molar-refractivity contribution in [3.05, 3.63) is 43.4 Å². The topological polar surface area (TPSA) is 64.2 Å². The molecule has 3 rings (SSSR count). The van der Waals surface area contributed by atoms with Crippen LogP contribution in [0.2, 0.25) is 0 Å². The lowest BCUT2D eigenvalue weighted by Crippen LogP contribution is -2.16. The van der Waals surface area contributed by atoms with E-state index in [0.29, 0.717) is 28.3 Å². The van der Waals surface area contributed by atoms with Crippen molar-refractivity contribution in [2.75, 3.05) is 13.7 Å². The van der Waals surface area contributed by atoms with Gasteiger partial charge in [0.1, 0.15) is 15.1 Å². The normalized spacial score (nSPS) is 13.1. The Balaban J connectivity index is 2.08. The van der Waals surface area contributed by atoms with Gasteiger partial charge in [0.15, 0.2) is 0 Å². The molecule has 0 saturated heterocycles. The number of ether oxygens (including phenoxy) is 2. The highest BCUT2D eigenvalue weighted by Crippen LogP contribution is 2.29. The van der Waals surface area contributed by atoms with Crippen LogP contribution in [0.3, 0.4) is 0 Å². The number of rotatable bonds is 3. The van der Waals surface area contributed by atoms with Gasteiger partial charge in [-0.3, -0.25) is 4.79 Å². The first-order valence-corrected chi connectivity index (χ1v) is 7.30. The second kappa shape index (κ2) is 5.53. The fraction of sp³-hybridized carbons (Fsp3) is 0.286. The molecule has 0 fully saturated rings. The number of hydrogen-bond donors (Lipinski definition) is 1. The van der Waals surface area contributed by atoms with E-state index in [-0.39, 0.29) is 5.56 Å². The predicted molar refractivity (Wildman–Crippen MR) is 82.9 cm³/mol. The lowest BCUT2D eigenvalue weighted by atomic mass is 10.1. The number of aromatic nitrogens is 2. The summed E-state index contributed by atoms with van der Waals surface area (Å²) in [6.07, 6.45) is 0.892. The number of halogens is 1. The quantitative estimate of drug-likeness (QED) is 0.824. The van der Waals surface area contributed by atoms with Crippen molar-refractivity contribution in [1.82, 2.24) is 9.97 Å². The molecule has 104 valence electrons. The predicted octanol–water partition coefficient (Wildman–Crippen LogP) is 2.12. The van der Waals surface area contributed by atoms with E-state index in [4.69, 9.17) is 9.47 Å². The highest BCUT2D eigenvalue weighted by molar-refractivity contribution is 14.1. The Hall–Kier alpha value is -1.41. The monoisotopic (exact) mass is 384 g/mol. The van der Waals surface area contributed by atoms with Crippen LogP contribution in [0.5, 0.6) is 5.75 Å². The van der Waals surface area contributed by atoms with Crippen LogP contribution < -0.4 is 10.3 Å². The lowest BCUT2D eigenvalue weighted by Gasteiger charge is -2.07. The standard InChI is InChI=1S/C14H13IN2O3/c1-19-7-10-12(15)14(18)17-13(16-10)9-2-3-11-8(6-9)4-5-20-11/h2-3,6H,4-5,7H2,1H3,(H,16,17,18). The summed E-state index contributed by atoms with van der Waals surface area (Å²) in [5.74, 6) is 1.48. The summed E-state index contributed by atoms with van der Waals surface area (Å²) >= 11 is 1.99. The van der Waals surface area contributed by atoms with Crippen molar-refractivity contribution in [1.29, 1.82) is 0 Å². The van der Waals surface area contributed by atoms with Gasteiger partial charge in [0, 0.05) is 19.1 Å². The third-order valence-electron chi connectivity index (χ3n) is 3.18. The zero-order valence-electron chi connectivity index (χ0n) is 10.9. The highest BCUT2D eigenvalue weighted by atomic mass is 127. The van der Waals surface area contributed by atoms with Crippen LogP contribution in [0.4, 0.5) is 0 Å². The fourth-order valence-electron chi connectivity index (χ4n) is 2.21. The van der Waals surface area contributed by atoms with Crippen molar-refractivity contribution in [2.45, 2.75) is 13.0 Å². The second-order valence-electron chi connectivity index (χ2n) is 4.53. The molecule has 0 unspecified atom stereocenters. The zero-order valence-corrected chi connectivity index (χ0v) is 13.1. The maximum absolute atomic E-state index is 12.0. The highest BCUT2D eigenvalue weighted by Gasteiger charge is 2.15. The maximum atomic E-state index is 12.0. The molecule has 2 heterocycles. The first-order valence-electron chi connectivity index (χ1n) is 6.23. The molecule has 1 aromatic carbocycles. The number of fused-ring (bicyclic) bond motifs is 1. The zero-order chi connectivity index (χ0) is 14.1. The summed E-state index contributed by atoms with van der Waals surface area (Å²) in [6.45, 7) is 1.04. The number of hydrogen-bond acceptors (Lipinski definition) is 4. The number of H-pyrrole nitrogens is 1. The maximum Gasteiger partial charge on any atom is 0.264 e. The summed E-state index contributed by atoms with van der Waals surface area (Å²) in [4.78, 5) is 19.3. The molecule has 0 amide bonds. The minimum Gasteiger partial charge on any atom is -0.493 e. The minimum absolute atomic E-state index is 0.139. The summed E-state index contributed by atoms with van der Waals surface area (Å²) in [7, 11) is 1.59. The van der Waals surface area contributed by atoms with Crippen LogP contribution in [0.15, 0.2) is 23.0 Å². The Morgan fingerprint density at radius 1 is 1.50 bits per heavy atom. The van der Waals surface area contributed by atoms with Crippen molar-refractivity contribution in [3.63, 3.8) is 0 Å². The van der Waals surface area contributed by atoms with Crippen LogP contribution in [-0.4, -0.2) is 23.7 Å². The van der Waals surface area contributed by atoms with Crippen LogP contribution in [-0.2, 0) is 17.8 Å². The molecule has 1 N–H and O–H groups in total. The van der Waals surface area contributed by atoms with Gasteiger partial charge in [0.2, 0.25) is 0 Å². The lowest BCUT2D eigenvalue weighted by molar-refractivity contribution is 0.180. The van der Waals surface area contributed by atoms with Gasteiger partial charge in [-0.15, -0.1) is 0 Å². The molecule has 0 bridgehead atoms. The Morgan fingerprint density at radius 2 is 2.35 bits per heavy atom. The number of benzene rings is 1. The molecule has 1 aliphatic heterocycles. The molecule has 0 spiro atoms. The molecule has 0 saturated carbocycles. The minimum atomic E-state index is -0.139. The van der Waals surface area contributed by atoms with Crippen molar-refractivity contribution in [2.24, 2.45) is 0 Å². The average Bonchev–Trinajstić information content (AvgIpc) is 2.91. The second-order valence-corrected chi connectivity index (χ2v) is 5.61. The van der Waals surface area contributed by atoms with Gasteiger partial charge in [0.25, 0.3) is 5.56 Å². The molecule has 5 nitrogen and oxygen atoms in total. The summed E-state index contributed by atoms with van der Waals surface area (Å²) in [5, 5.41) is 0. The molecular formula is C14H13IN2O3. The first-order chi connectivity index (χ1) is 9.69. The number of aromatic amines is 1. The summed E-state index contributed by atoms with van der Waals surface area (Å²) in [5.41, 5.74) is 2.56. The molecule has 0 atom stereocenters. The van der Waals surface area contributed by atoms with E-state index in [9.17, 15) is 4.79 Å². The van der Waals surface area contributed by atoms with E-state index >= 15 is 0 Å².